The zero-order valence-corrected chi connectivity index (χ0v) is 17.1. The van der Waals surface area contributed by atoms with E-state index in [2.05, 4.69) is 25.2 Å². The van der Waals surface area contributed by atoms with Crippen molar-refractivity contribution in [1.82, 2.24) is 25.2 Å². The van der Waals surface area contributed by atoms with Crippen LogP contribution in [0.5, 0.6) is 0 Å². The van der Waals surface area contributed by atoms with Crippen molar-refractivity contribution >= 4 is 5.91 Å². The van der Waals surface area contributed by atoms with E-state index in [0.717, 1.165) is 61.5 Å². The Kier molecular flexibility index (Phi) is 6.77. The van der Waals surface area contributed by atoms with Crippen LogP contribution in [0.15, 0.2) is 67.3 Å². The zero-order chi connectivity index (χ0) is 20.6. The van der Waals surface area contributed by atoms with E-state index >= 15 is 0 Å². The smallest absolute Gasteiger partial charge is 0.224 e. The van der Waals surface area contributed by atoms with Crippen molar-refractivity contribution in [3.8, 4) is 11.4 Å². The number of likely N-dealkylation sites (tertiary alicyclic amines) is 1. The van der Waals surface area contributed by atoms with Gasteiger partial charge in [0.1, 0.15) is 0 Å². The fraction of sp³-hybridized carbons (Fsp3) is 0.333. The van der Waals surface area contributed by atoms with Gasteiger partial charge in [0, 0.05) is 55.5 Å². The number of benzene rings is 1. The monoisotopic (exact) mass is 401 g/mol. The molecule has 30 heavy (non-hydrogen) atoms. The number of rotatable bonds is 7. The second kappa shape index (κ2) is 10.1. The summed E-state index contributed by atoms with van der Waals surface area (Å²) in [6.07, 6.45) is 9.99. The van der Waals surface area contributed by atoms with Gasteiger partial charge >= 0.3 is 0 Å². The van der Waals surface area contributed by atoms with Crippen LogP contribution >= 0.6 is 0 Å². The lowest BCUT2D eigenvalue weighted by Crippen LogP contribution is -2.40. The molecule has 1 aromatic carbocycles. The van der Waals surface area contributed by atoms with Crippen molar-refractivity contribution in [2.75, 3.05) is 19.6 Å². The number of aromatic nitrogens is 3. The van der Waals surface area contributed by atoms with Crippen LogP contribution in [-0.2, 0) is 17.8 Å². The van der Waals surface area contributed by atoms with E-state index in [9.17, 15) is 4.79 Å². The van der Waals surface area contributed by atoms with E-state index in [4.69, 9.17) is 0 Å². The average Bonchev–Trinajstić information content (AvgIpc) is 2.80. The summed E-state index contributed by atoms with van der Waals surface area (Å²) in [6.45, 7) is 3.61. The number of pyridine rings is 1. The van der Waals surface area contributed by atoms with E-state index in [1.54, 1.807) is 12.4 Å². The van der Waals surface area contributed by atoms with Crippen molar-refractivity contribution in [3.05, 3.63) is 78.4 Å². The highest BCUT2D eigenvalue weighted by Gasteiger charge is 2.20. The van der Waals surface area contributed by atoms with Crippen LogP contribution in [-0.4, -0.2) is 45.4 Å². The minimum absolute atomic E-state index is 0.0602. The molecule has 2 aromatic heterocycles. The molecule has 0 aliphatic carbocycles. The summed E-state index contributed by atoms with van der Waals surface area (Å²) in [6, 6.07) is 13.8. The van der Waals surface area contributed by atoms with E-state index in [1.807, 2.05) is 54.9 Å². The number of nitrogens with zero attached hydrogens (tertiary/aromatic N) is 4. The predicted octanol–water partition coefficient (Wildman–Crippen LogP) is 3.11. The van der Waals surface area contributed by atoms with Crippen LogP contribution in [0.2, 0.25) is 0 Å². The lowest BCUT2D eigenvalue weighted by Gasteiger charge is -2.32. The standard InChI is InChI=1S/C24H27N5O/c30-23(12-19-6-4-10-25-13-19)26-14-20-7-5-11-29(17-20)18-21-15-27-24(28-16-21)22-8-2-1-3-9-22/h1-4,6,8-10,13,15-16,20H,5,7,11-12,14,17-18H2,(H,26,30). The Balaban J connectivity index is 1.25. The molecule has 1 aliphatic rings. The number of hydrogen-bond acceptors (Lipinski definition) is 5. The molecular weight excluding hydrogens is 374 g/mol. The Bertz CT molecular complexity index is 931. The number of amides is 1. The number of piperidine rings is 1. The Labute approximate surface area is 177 Å². The van der Waals surface area contributed by atoms with E-state index in [-0.39, 0.29) is 5.91 Å². The maximum atomic E-state index is 12.2. The van der Waals surface area contributed by atoms with Gasteiger partial charge in [-0.3, -0.25) is 14.7 Å². The molecule has 1 aliphatic heterocycles. The quantitative estimate of drug-likeness (QED) is 0.659. The Hall–Kier alpha value is -3.12. The topological polar surface area (TPSA) is 71.0 Å². The molecule has 4 rings (SSSR count). The maximum absolute atomic E-state index is 12.2. The third-order valence-electron chi connectivity index (χ3n) is 5.42. The van der Waals surface area contributed by atoms with Gasteiger partial charge in [0.25, 0.3) is 0 Å². The normalized spacial score (nSPS) is 16.9. The first-order valence-corrected chi connectivity index (χ1v) is 10.5. The largest absolute Gasteiger partial charge is 0.355 e. The van der Waals surface area contributed by atoms with Gasteiger partial charge in [-0.25, -0.2) is 9.97 Å². The average molecular weight is 402 g/mol. The molecule has 154 valence electrons. The Morgan fingerprint density at radius 2 is 1.87 bits per heavy atom. The molecule has 1 N–H and O–H groups in total. The van der Waals surface area contributed by atoms with Crippen LogP contribution in [0.1, 0.15) is 24.0 Å². The number of carbonyl (C=O) groups is 1. The molecule has 1 unspecified atom stereocenters. The first-order chi connectivity index (χ1) is 14.8. The van der Waals surface area contributed by atoms with Gasteiger partial charge in [-0.1, -0.05) is 36.4 Å². The molecular formula is C24H27N5O. The molecule has 0 spiro atoms. The Morgan fingerprint density at radius 3 is 2.63 bits per heavy atom. The fourth-order valence-corrected chi connectivity index (χ4v) is 3.90. The lowest BCUT2D eigenvalue weighted by molar-refractivity contribution is -0.120. The molecule has 1 amide bonds. The molecule has 0 saturated carbocycles. The number of nitrogens with one attached hydrogen (secondary N) is 1. The fourth-order valence-electron chi connectivity index (χ4n) is 3.90. The van der Waals surface area contributed by atoms with Gasteiger partial charge in [0.05, 0.1) is 6.42 Å². The third kappa shape index (κ3) is 5.70. The van der Waals surface area contributed by atoms with E-state index in [1.165, 1.54) is 0 Å². The maximum Gasteiger partial charge on any atom is 0.224 e. The molecule has 1 fully saturated rings. The summed E-state index contributed by atoms with van der Waals surface area (Å²) in [7, 11) is 0. The highest BCUT2D eigenvalue weighted by molar-refractivity contribution is 5.78. The van der Waals surface area contributed by atoms with Crippen molar-refractivity contribution in [1.29, 1.82) is 0 Å². The van der Waals surface area contributed by atoms with Crippen molar-refractivity contribution in [2.45, 2.75) is 25.8 Å². The van der Waals surface area contributed by atoms with Crippen LogP contribution in [0.4, 0.5) is 0 Å². The first kappa shape index (κ1) is 20.2. The third-order valence-corrected chi connectivity index (χ3v) is 5.42. The van der Waals surface area contributed by atoms with Crippen molar-refractivity contribution in [3.63, 3.8) is 0 Å². The summed E-state index contributed by atoms with van der Waals surface area (Å²) in [5, 5.41) is 3.09. The summed E-state index contributed by atoms with van der Waals surface area (Å²) < 4.78 is 0. The van der Waals surface area contributed by atoms with Gasteiger partial charge < -0.3 is 5.32 Å². The van der Waals surface area contributed by atoms with Crippen LogP contribution in [0.25, 0.3) is 11.4 Å². The summed E-state index contributed by atoms with van der Waals surface area (Å²) in [5.74, 6) is 1.29. The summed E-state index contributed by atoms with van der Waals surface area (Å²) in [5.41, 5.74) is 3.10. The minimum Gasteiger partial charge on any atom is -0.355 e. The van der Waals surface area contributed by atoms with Gasteiger partial charge in [-0.05, 0) is 36.9 Å². The number of carbonyl (C=O) groups excluding carboxylic acids is 1. The van der Waals surface area contributed by atoms with Gasteiger partial charge in [-0.15, -0.1) is 0 Å². The molecule has 1 saturated heterocycles. The molecule has 0 bridgehead atoms. The van der Waals surface area contributed by atoms with Gasteiger partial charge in [0.2, 0.25) is 5.91 Å². The highest BCUT2D eigenvalue weighted by Crippen LogP contribution is 2.19. The molecule has 3 heterocycles. The van der Waals surface area contributed by atoms with Crippen LogP contribution < -0.4 is 5.32 Å². The first-order valence-electron chi connectivity index (χ1n) is 10.5. The van der Waals surface area contributed by atoms with Gasteiger partial charge in [0.15, 0.2) is 5.82 Å². The molecule has 6 heteroatoms. The highest BCUT2D eigenvalue weighted by atomic mass is 16.1. The molecule has 6 nitrogen and oxygen atoms in total. The van der Waals surface area contributed by atoms with Gasteiger partial charge in [-0.2, -0.15) is 0 Å². The van der Waals surface area contributed by atoms with E-state index < -0.39 is 0 Å². The second-order valence-corrected chi connectivity index (χ2v) is 7.87. The minimum atomic E-state index is 0.0602. The van der Waals surface area contributed by atoms with Crippen LogP contribution in [0, 0.1) is 5.92 Å². The van der Waals surface area contributed by atoms with E-state index in [0.29, 0.717) is 12.3 Å². The summed E-state index contributed by atoms with van der Waals surface area (Å²) in [4.78, 5) is 27.8. The van der Waals surface area contributed by atoms with Crippen molar-refractivity contribution in [2.24, 2.45) is 5.92 Å². The van der Waals surface area contributed by atoms with Crippen molar-refractivity contribution < 1.29 is 4.79 Å². The zero-order valence-electron chi connectivity index (χ0n) is 17.1. The second-order valence-electron chi connectivity index (χ2n) is 7.87. The molecule has 0 radical (unpaired) electrons. The molecule has 1 atom stereocenters. The SMILES string of the molecule is O=C(Cc1cccnc1)NCC1CCCN(Cc2cnc(-c3ccccc3)nc2)C1. The number of hydrogen-bond donors (Lipinski definition) is 1. The summed E-state index contributed by atoms with van der Waals surface area (Å²) >= 11 is 0. The lowest BCUT2D eigenvalue weighted by atomic mass is 9.97. The predicted molar refractivity (Wildman–Crippen MR) is 116 cm³/mol. The van der Waals surface area contributed by atoms with Crippen LogP contribution in [0.3, 0.4) is 0 Å². The molecule has 3 aromatic rings. The Morgan fingerprint density at radius 1 is 1.03 bits per heavy atom.